The lowest BCUT2D eigenvalue weighted by molar-refractivity contribution is 0.0554. The predicted octanol–water partition coefficient (Wildman–Crippen LogP) is 1.12. The topological polar surface area (TPSA) is 91.5 Å². The first kappa shape index (κ1) is 13.3. The molecule has 102 valence electrons. The number of hydrogen-bond acceptors (Lipinski definition) is 6. The molecule has 0 radical (unpaired) electrons. The Balaban J connectivity index is 2.71. The Bertz CT molecular complexity index is 540. The van der Waals surface area contributed by atoms with E-state index >= 15 is 0 Å². The Hall–Kier alpha value is -2.11. The van der Waals surface area contributed by atoms with Crippen molar-refractivity contribution < 1.29 is 19.1 Å². The second-order valence-corrected chi connectivity index (χ2v) is 4.36. The molecular formula is C13H16N2O4. The summed E-state index contributed by atoms with van der Waals surface area (Å²) in [5.41, 5.74) is 7.54. The van der Waals surface area contributed by atoms with Crippen molar-refractivity contribution in [3.05, 3.63) is 22.4 Å². The third kappa shape index (κ3) is 2.25. The molecule has 6 nitrogen and oxygen atoms in total. The van der Waals surface area contributed by atoms with Gasteiger partial charge in [-0.25, -0.2) is 14.6 Å². The number of nitrogen functional groups attached to an aromatic ring is 1. The monoisotopic (exact) mass is 264 g/mol. The number of aromatic nitrogens is 1. The molecule has 1 heterocycles. The molecule has 0 unspecified atom stereocenters. The molecule has 0 saturated carbocycles. The minimum absolute atomic E-state index is 0.00926. The van der Waals surface area contributed by atoms with Crippen LogP contribution in [0.5, 0.6) is 0 Å². The van der Waals surface area contributed by atoms with Crippen molar-refractivity contribution in [1.82, 2.24) is 4.98 Å². The van der Waals surface area contributed by atoms with Gasteiger partial charge in [0.25, 0.3) is 0 Å². The predicted molar refractivity (Wildman–Crippen MR) is 68.0 cm³/mol. The van der Waals surface area contributed by atoms with Crippen molar-refractivity contribution in [3.63, 3.8) is 0 Å². The zero-order valence-corrected chi connectivity index (χ0v) is 11.0. The highest BCUT2D eigenvalue weighted by molar-refractivity contribution is 6.07. The number of nitrogens with two attached hydrogens (primary N) is 1. The van der Waals surface area contributed by atoms with Crippen molar-refractivity contribution in [3.8, 4) is 0 Å². The smallest absolute Gasteiger partial charge is 0.342 e. The van der Waals surface area contributed by atoms with Crippen molar-refractivity contribution in [2.75, 3.05) is 20.0 Å². The lowest BCUT2D eigenvalue weighted by atomic mass is 9.89. The zero-order chi connectivity index (χ0) is 14.0. The summed E-state index contributed by atoms with van der Waals surface area (Å²) >= 11 is 0. The maximum Gasteiger partial charge on any atom is 0.342 e. The molecule has 0 spiro atoms. The molecule has 0 aromatic carbocycles. The van der Waals surface area contributed by atoms with Crippen LogP contribution in [0, 0.1) is 0 Å². The summed E-state index contributed by atoms with van der Waals surface area (Å²) in [5, 5.41) is 0. The van der Waals surface area contributed by atoms with Crippen LogP contribution in [0.2, 0.25) is 0 Å². The van der Waals surface area contributed by atoms with Crippen LogP contribution in [0.4, 0.5) is 5.82 Å². The van der Waals surface area contributed by atoms with Crippen molar-refractivity contribution in [2.45, 2.75) is 25.7 Å². The fourth-order valence-corrected chi connectivity index (χ4v) is 2.40. The second-order valence-electron chi connectivity index (χ2n) is 4.36. The number of aryl methyl sites for hydroxylation is 1. The van der Waals surface area contributed by atoms with Crippen molar-refractivity contribution in [2.24, 2.45) is 0 Å². The van der Waals surface area contributed by atoms with Crippen LogP contribution in [0.25, 0.3) is 0 Å². The molecule has 6 heteroatoms. The van der Waals surface area contributed by atoms with Gasteiger partial charge in [0.15, 0.2) is 0 Å². The molecule has 0 bridgehead atoms. The number of fused-ring (bicyclic) bond motifs is 1. The van der Waals surface area contributed by atoms with E-state index in [9.17, 15) is 9.59 Å². The molecule has 0 atom stereocenters. The van der Waals surface area contributed by atoms with Crippen LogP contribution in [0.1, 0.15) is 44.8 Å². The molecule has 1 aliphatic rings. The molecule has 0 saturated heterocycles. The number of anilines is 1. The van der Waals surface area contributed by atoms with Crippen molar-refractivity contribution >= 4 is 17.8 Å². The summed E-state index contributed by atoms with van der Waals surface area (Å²) in [7, 11) is 2.51. The highest BCUT2D eigenvalue weighted by Gasteiger charge is 2.29. The standard InChI is InChI=1S/C13H16N2O4/c1-18-12(16)9-7-5-3-4-6-8(7)15-11(14)10(9)13(17)19-2/h3-6H2,1-2H3,(H2,14,15). The minimum atomic E-state index is -0.668. The first-order chi connectivity index (χ1) is 9.10. The van der Waals surface area contributed by atoms with Crippen LogP contribution in [0.3, 0.4) is 0 Å². The van der Waals surface area contributed by atoms with Gasteiger partial charge in [0.05, 0.1) is 19.8 Å². The zero-order valence-electron chi connectivity index (χ0n) is 11.0. The summed E-state index contributed by atoms with van der Waals surface area (Å²) in [6, 6.07) is 0. The normalized spacial score (nSPS) is 13.6. The number of ether oxygens (including phenoxy) is 2. The van der Waals surface area contributed by atoms with E-state index < -0.39 is 11.9 Å². The van der Waals surface area contributed by atoms with Gasteiger partial charge in [-0.3, -0.25) is 0 Å². The molecule has 2 rings (SSSR count). The summed E-state index contributed by atoms with van der Waals surface area (Å²) < 4.78 is 9.44. The van der Waals surface area contributed by atoms with E-state index in [1.54, 1.807) is 0 Å². The number of carbonyl (C=O) groups excluding carboxylic acids is 2. The summed E-state index contributed by atoms with van der Waals surface area (Å²) in [6.07, 6.45) is 3.39. The van der Waals surface area contributed by atoms with E-state index in [0.29, 0.717) is 6.42 Å². The SMILES string of the molecule is COC(=O)c1c(N)nc2c(c1C(=O)OC)CCCC2. The first-order valence-corrected chi connectivity index (χ1v) is 6.08. The first-order valence-electron chi connectivity index (χ1n) is 6.08. The number of pyridine rings is 1. The van der Waals surface area contributed by atoms with Crippen LogP contribution >= 0.6 is 0 Å². The molecule has 1 aliphatic carbocycles. The maximum atomic E-state index is 12.0. The van der Waals surface area contributed by atoms with Gasteiger partial charge in [0.2, 0.25) is 0 Å². The van der Waals surface area contributed by atoms with E-state index in [1.165, 1.54) is 14.2 Å². The molecule has 0 amide bonds. The summed E-state index contributed by atoms with van der Waals surface area (Å²) in [5.74, 6) is -1.22. The molecule has 1 aromatic rings. The van der Waals surface area contributed by atoms with Crippen molar-refractivity contribution in [1.29, 1.82) is 0 Å². The van der Waals surface area contributed by atoms with E-state index in [0.717, 1.165) is 30.5 Å². The van der Waals surface area contributed by atoms with Gasteiger partial charge in [-0.05, 0) is 31.2 Å². The third-order valence-corrected chi connectivity index (χ3v) is 3.28. The van der Waals surface area contributed by atoms with E-state index in [4.69, 9.17) is 10.5 Å². The molecule has 19 heavy (non-hydrogen) atoms. The van der Waals surface area contributed by atoms with Gasteiger partial charge in [0, 0.05) is 5.69 Å². The largest absolute Gasteiger partial charge is 0.465 e. The molecule has 0 aliphatic heterocycles. The van der Waals surface area contributed by atoms with Crippen LogP contribution in [-0.4, -0.2) is 31.1 Å². The highest BCUT2D eigenvalue weighted by atomic mass is 16.5. The van der Waals surface area contributed by atoms with E-state index in [-0.39, 0.29) is 16.9 Å². The summed E-state index contributed by atoms with van der Waals surface area (Å²) in [6.45, 7) is 0. The minimum Gasteiger partial charge on any atom is -0.465 e. The Kier molecular flexibility index (Phi) is 3.69. The number of methoxy groups -OCH3 is 2. The van der Waals surface area contributed by atoms with Gasteiger partial charge in [-0.1, -0.05) is 0 Å². The fourth-order valence-electron chi connectivity index (χ4n) is 2.40. The Labute approximate surface area is 110 Å². The molecular weight excluding hydrogens is 248 g/mol. The number of nitrogens with zero attached hydrogens (tertiary/aromatic N) is 1. The van der Waals surface area contributed by atoms with E-state index in [2.05, 4.69) is 9.72 Å². The highest BCUT2D eigenvalue weighted by Crippen LogP contribution is 2.29. The third-order valence-electron chi connectivity index (χ3n) is 3.28. The molecule has 1 aromatic heterocycles. The van der Waals surface area contributed by atoms with Gasteiger partial charge in [-0.15, -0.1) is 0 Å². The van der Waals surface area contributed by atoms with E-state index in [1.807, 2.05) is 0 Å². The number of hydrogen-bond donors (Lipinski definition) is 1. The lowest BCUT2D eigenvalue weighted by Crippen LogP contribution is -2.22. The number of rotatable bonds is 2. The molecule has 2 N–H and O–H groups in total. The van der Waals surface area contributed by atoms with Crippen LogP contribution < -0.4 is 5.73 Å². The average molecular weight is 264 g/mol. The average Bonchev–Trinajstić information content (AvgIpc) is 2.44. The number of esters is 2. The second kappa shape index (κ2) is 5.26. The quantitative estimate of drug-likeness (QED) is 0.805. The fraction of sp³-hybridized carbons (Fsp3) is 0.462. The lowest BCUT2D eigenvalue weighted by Gasteiger charge is -2.20. The summed E-state index contributed by atoms with van der Waals surface area (Å²) in [4.78, 5) is 28.0. The van der Waals surface area contributed by atoms with Gasteiger partial charge in [0.1, 0.15) is 11.4 Å². The Morgan fingerprint density at radius 3 is 2.26 bits per heavy atom. The Morgan fingerprint density at radius 1 is 1.05 bits per heavy atom. The van der Waals surface area contributed by atoms with Crippen LogP contribution in [0.15, 0.2) is 0 Å². The molecule has 0 fully saturated rings. The Morgan fingerprint density at radius 2 is 1.63 bits per heavy atom. The van der Waals surface area contributed by atoms with Crippen LogP contribution in [-0.2, 0) is 22.3 Å². The van der Waals surface area contributed by atoms with Gasteiger partial charge < -0.3 is 15.2 Å². The number of carbonyl (C=O) groups is 2. The maximum absolute atomic E-state index is 12.0. The van der Waals surface area contributed by atoms with Gasteiger partial charge in [-0.2, -0.15) is 0 Å². The van der Waals surface area contributed by atoms with Gasteiger partial charge >= 0.3 is 11.9 Å².